The lowest BCUT2D eigenvalue weighted by atomic mass is 9.75. The van der Waals surface area contributed by atoms with Crippen molar-refractivity contribution in [3.05, 3.63) is 249 Å². The maximum absolute atomic E-state index is 12.2. The second-order valence-corrected chi connectivity index (χ2v) is 33.1. The molecule has 14 rings (SSSR count). The number of aliphatic hydroxyl groups excluding tert-OH is 10. The van der Waals surface area contributed by atoms with Crippen LogP contribution in [0.2, 0.25) is 0 Å². The average molecular weight is 1640 g/mol. The van der Waals surface area contributed by atoms with Gasteiger partial charge in [0.15, 0.2) is 0 Å². The number of rotatable bonds is 15. The molecule has 3 aromatic heterocycles. The van der Waals surface area contributed by atoms with Crippen molar-refractivity contribution in [2.24, 2.45) is 18.9 Å². The predicted octanol–water partition coefficient (Wildman–Crippen LogP) is 11.1. The lowest BCUT2D eigenvalue weighted by Crippen LogP contribution is -2.60. The van der Waals surface area contributed by atoms with E-state index in [0.29, 0.717) is 45.7 Å². The molecular formula is C91H113BBrN3O19. The van der Waals surface area contributed by atoms with Gasteiger partial charge in [-0.25, -0.2) is 0 Å². The molecule has 0 spiro atoms. The molecule has 0 saturated carbocycles. The lowest BCUT2D eigenvalue weighted by Gasteiger charge is -2.47. The molecule has 616 valence electrons. The molecule has 4 aliphatic heterocycles. The quantitative estimate of drug-likeness (QED) is 0.0424. The number of halogens is 1. The van der Waals surface area contributed by atoms with Gasteiger partial charge in [0.1, 0.15) is 73.2 Å². The van der Waals surface area contributed by atoms with E-state index in [1.54, 1.807) is 30.2 Å². The van der Waals surface area contributed by atoms with Crippen LogP contribution in [0.5, 0.6) is 0 Å². The fraction of sp³-hybridized carbons (Fsp3) is 0.440. The summed E-state index contributed by atoms with van der Waals surface area (Å²) < 4.78 is 39.2. The molecule has 24 heteroatoms. The van der Waals surface area contributed by atoms with Crippen molar-refractivity contribution in [2.75, 3.05) is 13.2 Å². The smallest absolute Gasteiger partial charge is 0.399 e. The number of aliphatic hydroxyl groups is 10. The van der Waals surface area contributed by atoms with E-state index in [1.807, 2.05) is 159 Å². The number of hydrogen-bond acceptors (Lipinski definition) is 19. The van der Waals surface area contributed by atoms with E-state index in [2.05, 4.69) is 104 Å². The normalized spacial score (nSPS) is 25.8. The number of benzene rings is 7. The van der Waals surface area contributed by atoms with Gasteiger partial charge in [0.25, 0.3) is 16.7 Å². The summed E-state index contributed by atoms with van der Waals surface area (Å²) in [5.74, 6) is 1.20. The Bertz CT molecular complexity index is 4950. The van der Waals surface area contributed by atoms with Gasteiger partial charge in [0.2, 0.25) is 0 Å². The van der Waals surface area contributed by atoms with Crippen LogP contribution >= 0.6 is 15.9 Å². The number of hydrogen-bond donors (Lipinski definition) is 12. The number of aromatic amines is 2. The summed E-state index contributed by atoms with van der Waals surface area (Å²) >= 11 is 3.64. The first-order valence-corrected chi connectivity index (χ1v) is 39.7. The summed E-state index contributed by atoms with van der Waals surface area (Å²) in [7, 11) is 1.31. The maximum Gasteiger partial charge on any atom is 0.494 e. The molecular weight excluding hydrogens is 1530 g/mol. The number of fused-ring (bicyclic) bond motifs is 3. The van der Waals surface area contributed by atoms with Gasteiger partial charge >= 0.3 is 7.12 Å². The van der Waals surface area contributed by atoms with E-state index >= 15 is 0 Å². The Labute approximate surface area is 680 Å². The highest BCUT2D eigenvalue weighted by molar-refractivity contribution is 9.10. The predicted molar refractivity (Wildman–Crippen MR) is 452 cm³/mol. The number of nitrogens with one attached hydrogen (secondary N) is 2. The van der Waals surface area contributed by atoms with E-state index < -0.39 is 93.6 Å². The standard InChI is InChI=1S/C26H35BrO2.2C24H27NO7.C16H20BNO3.CH4/c1-7-23-18(4)19(5)25(28-15-21-11-9-8-10-12-21)26(29-23)20(6)24-16(2)13-22(27)14-17(24)3;2*1-11-7-15(14-4-3-13-5-6-25-24(31)16(13)9-14)8-12(2)18(11)20(28)23-22(30)21(29)19(27)17(10-26)32-23;1-15(2)16(3,4)21-17(20-15)12-7-6-11-8-9-18(5)14(19)13(11)10-12;/h8-14,18-20,23,25-26H,7,15H2,1-6H3;2*3-9,17,19-23,26-30H,10H2,1-2H3,(H,25,31);6-10H,1-5H3;1H4/t18-,19-,20+,23?,25?,26+;2*17?,19-,20-,21+,22?,23-;;/m011../s1. The minimum atomic E-state index is -1.56. The van der Waals surface area contributed by atoms with Crippen LogP contribution < -0.4 is 22.1 Å². The Balaban J connectivity index is 0.000000163. The molecule has 115 heavy (non-hydrogen) atoms. The topological polar surface area (TPSA) is 345 Å². The molecule has 4 aliphatic rings. The monoisotopic (exact) mass is 1640 g/mol. The molecule has 4 saturated heterocycles. The summed E-state index contributed by atoms with van der Waals surface area (Å²) in [6.45, 7) is 28.4. The van der Waals surface area contributed by atoms with E-state index in [4.69, 9.17) is 28.3 Å². The third-order valence-corrected chi connectivity index (χ3v) is 24.3. The van der Waals surface area contributed by atoms with Gasteiger partial charge in [0, 0.05) is 52.2 Å². The van der Waals surface area contributed by atoms with Crippen molar-refractivity contribution < 1.29 is 79.3 Å². The summed E-state index contributed by atoms with van der Waals surface area (Å²) in [6, 6.07) is 45.0. The third kappa shape index (κ3) is 19.0. The van der Waals surface area contributed by atoms with Crippen LogP contribution in [0.15, 0.2) is 177 Å². The van der Waals surface area contributed by atoms with Crippen LogP contribution in [0.1, 0.15) is 143 Å². The summed E-state index contributed by atoms with van der Waals surface area (Å²) in [6.07, 6.45) is -9.96. The summed E-state index contributed by atoms with van der Waals surface area (Å²) in [4.78, 5) is 41.9. The van der Waals surface area contributed by atoms with E-state index in [9.17, 15) is 65.4 Å². The first-order chi connectivity index (χ1) is 54.0. The zero-order valence-electron chi connectivity index (χ0n) is 67.3. The molecule has 0 radical (unpaired) electrons. The molecule has 10 aromatic rings. The van der Waals surface area contributed by atoms with Gasteiger partial charge in [-0.15, -0.1) is 0 Å². The fourth-order valence-corrected chi connectivity index (χ4v) is 17.2. The highest BCUT2D eigenvalue weighted by Crippen LogP contribution is 2.44. The highest BCUT2D eigenvalue weighted by Gasteiger charge is 2.53. The van der Waals surface area contributed by atoms with Crippen molar-refractivity contribution in [1.29, 1.82) is 0 Å². The second kappa shape index (κ2) is 37.4. The van der Waals surface area contributed by atoms with E-state index in [-0.39, 0.29) is 59.5 Å². The van der Waals surface area contributed by atoms with Gasteiger partial charge in [-0.1, -0.05) is 142 Å². The summed E-state index contributed by atoms with van der Waals surface area (Å²) in [5, 5.41) is 106. The third-order valence-electron chi connectivity index (χ3n) is 23.9. The largest absolute Gasteiger partial charge is 0.494 e. The fourth-order valence-electron chi connectivity index (χ4n) is 16.6. The minimum absolute atomic E-state index is 0. The minimum Gasteiger partial charge on any atom is -0.399 e. The molecule has 7 heterocycles. The number of nitrogens with zero attached hydrogens (tertiary/aromatic N) is 1. The van der Waals surface area contributed by atoms with E-state index in [1.165, 1.54) is 22.3 Å². The molecule has 18 atom stereocenters. The number of aryl methyl sites for hydroxylation is 7. The SMILES string of the molecule is C.CCC1O[C@H]([C@H](C)c2c(C)cc(Br)cc2C)C(OCc2ccccc2)[C@@H](C)[C@@H]1C.Cc1cc(-c2ccc3cc[nH]c(=O)c3c2)cc(C)c1[C@@H](O)[C@H]1OC(CO)[C@@H](O)[C@H](O)C1O.Cc1cc(-c2ccc3cc[nH]c(=O)c3c2)cc(C)c1[C@@H](O)[C@H]1OC(CO)[C@@H](O)[C@H](O)C1O.Cn1ccc2ccc(B3OC(C)(C)C(C)(C)O3)cc2c1=O. The number of H-pyrrole nitrogens is 2. The van der Waals surface area contributed by atoms with Gasteiger partial charge < -0.3 is 93.9 Å². The summed E-state index contributed by atoms with van der Waals surface area (Å²) in [5.41, 5.74) is 12.4. The van der Waals surface area contributed by atoms with Gasteiger partial charge in [-0.05, 0) is 236 Å². The van der Waals surface area contributed by atoms with Crippen LogP contribution in [0, 0.1) is 53.4 Å². The van der Waals surface area contributed by atoms with Gasteiger partial charge in [-0.3, -0.25) is 14.4 Å². The highest BCUT2D eigenvalue weighted by atomic mass is 79.9. The van der Waals surface area contributed by atoms with Gasteiger partial charge in [-0.2, -0.15) is 0 Å². The average Bonchev–Trinajstić information content (AvgIpc) is 1.61. The Morgan fingerprint density at radius 1 is 0.513 bits per heavy atom. The zero-order chi connectivity index (χ0) is 82.9. The number of ether oxygens (including phenoxy) is 4. The number of pyridine rings is 3. The van der Waals surface area contributed by atoms with Crippen LogP contribution in [-0.4, -0.2) is 176 Å². The van der Waals surface area contributed by atoms with Crippen molar-refractivity contribution >= 4 is 60.8 Å². The van der Waals surface area contributed by atoms with Crippen molar-refractivity contribution in [3.8, 4) is 22.3 Å². The van der Waals surface area contributed by atoms with Gasteiger partial charge in [0.05, 0.1) is 49.3 Å². The van der Waals surface area contributed by atoms with Crippen LogP contribution in [-0.2, 0) is 41.9 Å². The van der Waals surface area contributed by atoms with Crippen LogP contribution in [0.4, 0.5) is 0 Å². The second-order valence-electron chi connectivity index (χ2n) is 32.2. The molecule has 22 nitrogen and oxygen atoms in total. The molecule has 0 bridgehead atoms. The molecule has 6 unspecified atom stereocenters. The Morgan fingerprint density at radius 3 is 1.38 bits per heavy atom. The van der Waals surface area contributed by atoms with E-state index in [0.717, 1.165) is 77.0 Å². The first-order valence-electron chi connectivity index (χ1n) is 39.0. The zero-order valence-corrected chi connectivity index (χ0v) is 68.9. The lowest BCUT2D eigenvalue weighted by molar-refractivity contribution is -0.250. The molecule has 0 amide bonds. The molecule has 7 aromatic carbocycles. The Morgan fingerprint density at radius 2 is 0.939 bits per heavy atom. The number of aromatic nitrogens is 3. The van der Waals surface area contributed by atoms with Crippen molar-refractivity contribution in [2.45, 2.75) is 226 Å². The molecule has 0 aliphatic carbocycles. The maximum atomic E-state index is 12.2. The van der Waals surface area contributed by atoms with Crippen molar-refractivity contribution in [3.63, 3.8) is 0 Å². The Kier molecular flexibility index (Phi) is 29.0. The Hall–Kier alpha value is -7.93. The first kappa shape index (κ1) is 89.4. The van der Waals surface area contributed by atoms with Crippen molar-refractivity contribution in [1.82, 2.24) is 14.5 Å². The van der Waals surface area contributed by atoms with Crippen LogP contribution in [0.3, 0.4) is 0 Å². The molecule has 4 fully saturated rings. The van der Waals surface area contributed by atoms with Crippen LogP contribution in [0.25, 0.3) is 54.6 Å². The molecule has 12 N–H and O–H groups in total.